The summed E-state index contributed by atoms with van der Waals surface area (Å²) in [5, 5.41) is 11.0. The summed E-state index contributed by atoms with van der Waals surface area (Å²) < 4.78 is 4.65. The molecule has 0 saturated carbocycles. The van der Waals surface area contributed by atoms with E-state index in [0.717, 1.165) is 0 Å². The Kier molecular flexibility index (Phi) is 1.84. The molecule has 1 aliphatic carbocycles. The zero-order valence-corrected chi connectivity index (χ0v) is 6.54. The van der Waals surface area contributed by atoms with Gasteiger partial charge in [-0.05, 0) is 29.5 Å². The van der Waals surface area contributed by atoms with Crippen molar-refractivity contribution in [3.63, 3.8) is 0 Å². The van der Waals surface area contributed by atoms with Crippen LogP contribution in [0.4, 0.5) is 0 Å². The van der Waals surface area contributed by atoms with E-state index in [0.29, 0.717) is 23.6 Å². The first-order chi connectivity index (χ1) is 6.40. The van der Waals surface area contributed by atoms with Gasteiger partial charge in [-0.3, -0.25) is 4.79 Å². The largest absolute Gasteiger partial charge is 0.429 e. The number of rotatable bonds is 2. The maximum Gasteiger partial charge on any atom is 0.298 e. The van der Waals surface area contributed by atoms with Crippen LogP contribution in [-0.4, -0.2) is 21.9 Å². The first-order valence-electron chi connectivity index (χ1n) is 3.59. The van der Waals surface area contributed by atoms with Crippen LogP contribution in [0.25, 0.3) is 11.4 Å². The number of ether oxygens (including phenoxy) is 1. The molecule has 5 heteroatoms. The molecule has 0 fully saturated rings. The summed E-state index contributed by atoms with van der Waals surface area (Å²) in [5.41, 5.74) is 1.33. The van der Waals surface area contributed by atoms with Gasteiger partial charge in [0.25, 0.3) is 6.47 Å². The second kappa shape index (κ2) is 3.14. The lowest BCUT2D eigenvalue weighted by Gasteiger charge is -1.88. The molecule has 1 aliphatic heterocycles. The number of carbonyl (C=O) groups is 1. The maximum absolute atomic E-state index is 10.0. The predicted molar refractivity (Wildman–Crippen MR) is 43.1 cm³/mol. The topological polar surface area (TPSA) is 65.0 Å². The molecule has 1 heterocycles. The zero-order valence-electron chi connectivity index (χ0n) is 6.54. The van der Waals surface area contributed by atoms with Gasteiger partial charge in [-0.2, -0.15) is 0 Å². The van der Waals surface area contributed by atoms with Gasteiger partial charge in [0.05, 0.1) is 0 Å². The second-order valence-corrected chi connectivity index (χ2v) is 2.34. The van der Waals surface area contributed by atoms with Crippen LogP contribution in [0, 0.1) is 0 Å². The molecule has 5 nitrogen and oxygen atoms in total. The molecule has 0 N–H and O–H groups in total. The van der Waals surface area contributed by atoms with Crippen LogP contribution in [-0.2, 0) is 4.79 Å². The summed E-state index contributed by atoms with van der Waals surface area (Å²) in [6.45, 7) is 0.374. The number of fused-ring (bicyclic) bond motifs is 1. The average Bonchev–Trinajstić information content (AvgIpc) is 2.50. The van der Waals surface area contributed by atoms with Crippen molar-refractivity contribution in [2.75, 3.05) is 0 Å². The lowest BCUT2D eigenvalue weighted by Crippen LogP contribution is -1.85. The van der Waals surface area contributed by atoms with Crippen LogP contribution in [0.15, 0.2) is 24.3 Å². The third-order valence-corrected chi connectivity index (χ3v) is 1.56. The van der Waals surface area contributed by atoms with E-state index in [4.69, 9.17) is 0 Å². The SMILES string of the molecule is O=COc1ccc2nnnc-2cc1. The van der Waals surface area contributed by atoms with Gasteiger partial charge in [0.2, 0.25) is 0 Å². The molecule has 0 aromatic carbocycles. The molecule has 64 valence electrons. The highest BCUT2D eigenvalue weighted by Crippen LogP contribution is 2.17. The van der Waals surface area contributed by atoms with Crippen molar-refractivity contribution in [1.29, 1.82) is 0 Å². The van der Waals surface area contributed by atoms with E-state index in [1.807, 2.05) is 0 Å². The van der Waals surface area contributed by atoms with Gasteiger partial charge in [0.15, 0.2) is 0 Å². The Morgan fingerprint density at radius 2 is 1.69 bits per heavy atom. The zero-order chi connectivity index (χ0) is 9.10. The smallest absolute Gasteiger partial charge is 0.298 e. The third kappa shape index (κ3) is 1.44. The lowest BCUT2D eigenvalue weighted by atomic mass is 10.3. The minimum Gasteiger partial charge on any atom is -0.429 e. The number of hydrogen-bond donors (Lipinski definition) is 0. The fraction of sp³-hybridized carbons (Fsp3) is 0. The minimum absolute atomic E-state index is 0.374. The van der Waals surface area contributed by atoms with E-state index in [2.05, 4.69) is 20.1 Å². The second-order valence-electron chi connectivity index (χ2n) is 2.34. The van der Waals surface area contributed by atoms with E-state index < -0.39 is 0 Å². The number of aromatic nitrogens is 3. The Labute approximate surface area is 73.7 Å². The van der Waals surface area contributed by atoms with Gasteiger partial charge < -0.3 is 4.74 Å². The minimum atomic E-state index is 0.374. The lowest BCUT2D eigenvalue weighted by molar-refractivity contribution is -0.120. The molecular weight excluding hydrogens is 170 g/mol. The highest BCUT2D eigenvalue weighted by Gasteiger charge is 2.03. The van der Waals surface area contributed by atoms with Crippen molar-refractivity contribution in [3.8, 4) is 17.1 Å². The first kappa shape index (κ1) is 7.60. The molecule has 2 aliphatic rings. The molecular formula is C8H5N3O2. The molecule has 0 spiro atoms. The molecule has 0 aromatic rings. The Bertz CT molecular complexity index is 374. The standard InChI is InChI=1S/C8H5N3O2/c12-5-13-6-1-3-7-8(4-2-6)10-11-9-7/h1-5H. The fourth-order valence-corrected chi connectivity index (χ4v) is 0.970. The Morgan fingerprint density at radius 1 is 1.08 bits per heavy atom. The quantitative estimate of drug-likeness (QED) is 0.622. The normalized spacial score (nSPS) is 9.85. The van der Waals surface area contributed by atoms with E-state index in [-0.39, 0.29) is 0 Å². The Morgan fingerprint density at radius 3 is 2.23 bits per heavy atom. The monoisotopic (exact) mass is 175 g/mol. The maximum atomic E-state index is 10.0. The van der Waals surface area contributed by atoms with Crippen molar-refractivity contribution >= 4 is 6.47 Å². The predicted octanol–water partition coefficient (Wildman–Crippen LogP) is 0.512. The van der Waals surface area contributed by atoms with E-state index in [9.17, 15) is 4.79 Å². The number of carbonyl (C=O) groups excluding carboxylic acids is 1. The van der Waals surface area contributed by atoms with E-state index in [1.165, 1.54) is 0 Å². The molecule has 0 atom stereocenters. The summed E-state index contributed by atoms with van der Waals surface area (Å²) in [7, 11) is 0. The first-order valence-corrected chi connectivity index (χ1v) is 3.59. The summed E-state index contributed by atoms with van der Waals surface area (Å²) in [6.07, 6.45) is 0. The molecule has 2 rings (SSSR count). The van der Waals surface area contributed by atoms with E-state index in [1.54, 1.807) is 24.3 Å². The summed E-state index contributed by atoms with van der Waals surface area (Å²) in [4.78, 5) is 10.0. The number of hydrogen-bond acceptors (Lipinski definition) is 5. The molecule has 13 heavy (non-hydrogen) atoms. The molecule has 0 radical (unpaired) electrons. The van der Waals surface area contributed by atoms with Crippen LogP contribution in [0.5, 0.6) is 5.75 Å². The number of nitrogens with zero attached hydrogens (tertiary/aromatic N) is 3. The molecule has 0 saturated heterocycles. The van der Waals surface area contributed by atoms with Crippen LogP contribution in [0.2, 0.25) is 0 Å². The average molecular weight is 175 g/mol. The van der Waals surface area contributed by atoms with Crippen LogP contribution in [0.1, 0.15) is 0 Å². The van der Waals surface area contributed by atoms with Gasteiger partial charge in [-0.25, -0.2) is 0 Å². The Hall–Kier alpha value is -2.04. The van der Waals surface area contributed by atoms with Gasteiger partial charge in [0.1, 0.15) is 17.1 Å². The third-order valence-electron chi connectivity index (χ3n) is 1.56. The Balaban J connectivity index is 2.48. The van der Waals surface area contributed by atoms with E-state index >= 15 is 0 Å². The highest BCUT2D eigenvalue weighted by molar-refractivity contribution is 5.55. The fourth-order valence-electron chi connectivity index (χ4n) is 0.970. The van der Waals surface area contributed by atoms with Crippen molar-refractivity contribution in [1.82, 2.24) is 15.4 Å². The molecule has 0 unspecified atom stereocenters. The van der Waals surface area contributed by atoms with Gasteiger partial charge in [-0.1, -0.05) is 0 Å². The summed E-state index contributed by atoms with van der Waals surface area (Å²) >= 11 is 0. The molecule has 0 aromatic heterocycles. The van der Waals surface area contributed by atoms with Gasteiger partial charge >= 0.3 is 0 Å². The van der Waals surface area contributed by atoms with Crippen LogP contribution >= 0.6 is 0 Å². The van der Waals surface area contributed by atoms with Crippen molar-refractivity contribution in [2.24, 2.45) is 0 Å². The molecule has 0 bridgehead atoms. The summed E-state index contributed by atoms with van der Waals surface area (Å²) in [6, 6.07) is 6.64. The van der Waals surface area contributed by atoms with Crippen molar-refractivity contribution < 1.29 is 9.53 Å². The highest BCUT2D eigenvalue weighted by atomic mass is 16.5. The van der Waals surface area contributed by atoms with Crippen LogP contribution in [0.3, 0.4) is 0 Å². The van der Waals surface area contributed by atoms with Gasteiger partial charge in [-0.15, -0.1) is 10.2 Å². The van der Waals surface area contributed by atoms with Gasteiger partial charge in [0, 0.05) is 0 Å². The van der Waals surface area contributed by atoms with Crippen molar-refractivity contribution in [2.45, 2.75) is 0 Å². The summed E-state index contributed by atoms with van der Waals surface area (Å²) in [5.74, 6) is 0.454. The van der Waals surface area contributed by atoms with Crippen molar-refractivity contribution in [3.05, 3.63) is 24.3 Å². The molecule has 0 amide bonds. The van der Waals surface area contributed by atoms with Crippen LogP contribution < -0.4 is 4.74 Å².